The molecule has 7 aromatic heterocycles. The summed E-state index contributed by atoms with van der Waals surface area (Å²) in [7, 11) is 0. The monoisotopic (exact) mass is 682 g/mol. The minimum absolute atomic E-state index is 0.656. The van der Waals surface area contributed by atoms with Crippen molar-refractivity contribution in [1.82, 2.24) is 19.9 Å². The Morgan fingerprint density at radius 3 is 0.750 bits per heavy atom. The fraction of sp³-hybridized carbons (Fsp3) is 0. The van der Waals surface area contributed by atoms with Crippen LogP contribution < -0.4 is 18.9 Å². The van der Waals surface area contributed by atoms with Crippen LogP contribution in [0.25, 0.3) is 90.9 Å². The van der Waals surface area contributed by atoms with Gasteiger partial charge in [-0.05, 0) is 70.8 Å². The lowest BCUT2D eigenvalue weighted by Gasteiger charge is -2.07. The molecule has 0 amide bonds. The highest BCUT2D eigenvalue weighted by atomic mass is 16.5. The van der Waals surface area contributed by atoms with Crippen LogP contribution in [0.1, 0.15) is 22.8 Å². The van der Waals surface area contributed by atoms with Crippen LogP contribution in [0, 0.1) is 20.8 Å². The molecule has 0 aliphatic carbocycles. The molecule has 9 rings (SSSR count). The largest absolute Gasteiger partial charge is 0.619 e. The van der Waals surface area contributed by atoms with Crippen molar-refractivity contribution in [1.29, 1.82) is 0 Å². The molecule has 0 fully saturated rings. The third-order valence-electron chi connectivity index (χ3n) is 9.12. The summed E-state index contributed by atoms with van der Waals surface area (Å²) >= 11 is 0. The van der Waals surface area contributed by atoms with Gasteiger partial charge in [0.2, 0.25) is 0 Å². The van der Waals surface area contributed by atoms with E-state index in [1.165, 1.54) is 49.6 Å². The van der Waals surface area contributed by atoms with E-state index >= 15 is 0 Å². The Bertz CT molecular complexity index is 2380. The summed E-state index contributed by atoms with van der Waals surface area (Å²) in [4.78, 5) is 17.5. The first-order valence-electron chi connectivity index (χ1n) is 16.3. The maximum Gasteiger partial charge on any atom is 0.180 e. The van der Waals surface area contributed by atoms with Crippen LogP contribution in [0.5, 0.6) is 0 Å². The summed E-state index contributed by atoms with van der Waals surface area (Å²) in [6.45, 7) is 0. The smallest absolute Gasteiger partial charge is 0.180 e. The zero-order valence-electron chi connectivity index (χ0n) is 27.2. The van der Waals surface area contributed by atoms with Crippen LogP contribution in [0.4, 0.5) is 0 Å². The number of fused-ring (bicyclic) bond motifs is 8. The van der Waals surface area contributed by atoms with E-state index in [4.69, 9.17) is 9.97 Å². The van der Waals surface area contributed by atoms with Gasteiger partial charge in [0.1, 0.15) is 0 Å². The average molecular weight is 683 g/mol. The lowest BCUT2D eigenvalue weighted by atomic mass is 10.0. The van der Waals surface area contributed by atoms with Crippen molar-refractivity contribution >= 4 is 46.4 Å². The number of aromatic amines is 2. The number of hydrogen-bond acceptors (Lipinski definition) is 6. The molecule has 0 unspecified atom stereocenters. The molecule has 12 nitrogen and oxygen atoms in total. The van der Waals surface area contributed by atoms with E-state index < -0.39 is 0 Å². The third-order valence-corrected chi connectivity index (χ3v) is 9.12. The van der Waals surface area contributed by atoms with Crippen molar-refractivity contribution in [3.05, 3.63) is 166 Å². The number of H-pyrrole nitrogens is 2. The second-order valence-corrected chi connectivity index (χ2v) is 12.3. The second kappa shape index (κ2) is 12.1. The summed E-state index contributed by atoms with van der Waals surface area (Å²) in [6.07, 6.45) is 19.3. The molecule has 250 valence electrons. The number of aromatic nitrogens is 8. The van der Waals surface area contributed by atoms with Gasteiger partial charge in [0, 0.05) is 92.9 Å². The first kappa shape index (κ1) is 30.5. The molecule has 0 atom stereocenters. The quantitative estimate of drug-likeness (QED) is 0.174. The number of hydrogen-bond donors (Lipinski definition) is 2. The molecule has 0 spiro atoms. The molecule has 0 radical (unpaired) electrons. The lowest BCUT2D eigenvalue weighted by Crippen LogP contribution is -2.23. The molecular weight excluding hydrogens is 656 g/mol. The Morgan fingerprint density at radius 1 is 0.327 bits per heavy atom. The van der Waals surface area contributed by atoms with Gasteiger partial charge in [-0.15, -0.1) is 0 Å². The summed E-state index contributed by atoms with van der Waals surface area (Å²) in [5, 5.41) is 48.4. The number of rotatable bonds is 4. The first-order chi connectivity index (χ1) is 25.4. The van der Waals surface area contributed by atoms with Gasteiger partial charge in [-0.1, -0.05) is 0 Å². The Balaban J connectivity index is 1.47. The van der Waals surface area contributed by atoms with Gasteiger partial charge in [0.05, 0.1) is 22.8 Å². The van der Waals surface area contributed by atoms with E-state index in [0.29, 0.717) is 22.8 Å². The SMILES string of the molecule is [O-][n+]1ccc(-c2c3nc(c(-c4cc[n+]([O-])cc4)c4ccc([nH]4)c(-c4cc[n+]([O-])cc4)c4nc(c(-c5cc[n+]([O-])cc5)c5ccc2[nH]5)C=C4)C=C3)cc1. The molecule has 2 aliphatic rings. The molecule has 9 heterocycles. The average Bonchev–Trinajstić information content (AvgIpc) is 3.99. The van der Waals surface area contributed by atoms with E-state index in [1.54, 1.807) is 48.5 Å². The van der Waals surface area contributed by atoms with Crippen LogP contribution in [0.3, 0.4) is 0 Å². The second-order valence-electron chi connectivity index (χ2n) is 12.3. The van der Waals surface area contributed by atoms with Gasteiger partial charge in [-0.2, -0.15) is 18.9 Å². The maximum absolute atomic E-state index is 12.1. The fourth-order valence-corrected chi connectivity index (χ4v) is 6.74. The number of pyridine rings is 4. The molecule has 0 aromatic carbocycles. The van der Waals surface area contributed by atoms with Crippen molar-refractivity contribution in [2.45, 2.75) is 0 Å². The predicted octanol–water partition coefficient (Wildman–Crippen LogP) is 5.86. The molecule has 2 aliphatic heterocycles. The van der Waals surface area contributed by atoms with E-state index in [2.05, 4.69) is 9.97 Å². The topological polar surface area (TPSA) is 165 Å². The highest BCUT2D eigenvalue weighted by Crippen LogP contribution is 2.37. The first-order valence-corrected chi connectivity index (χ1v) is 16.3. The summed E-state index contributed by atoms with van der Waals surface area (Å²) < 4.78 is 2.93. The van der Waals surface area contributed by atoms with Crippen LogP contribution in [-0.2, 0) is 0 Å². The van der Waals surface area contributed by atoms with Gasteiger partial charge in [-0.25, -0.2) is 9.97 Å². The number of nitrogens with one attached hydrogen (secondary N) is 2. The highest BCUT2D eigenvalue weighted by Gasteiger charge is 2.20. The van der Waals surface area contributed by atoms with Crippen LogP contribution in [-0.4, -0.2) is 19.9 Å². The van der Waals surface area contributed by atoms with Gasteiger partial charge < -0.3 is 30.8 Å². The normalized spacial score (nSPS) is 12.0. The summed E-state index contributed by atoms with van der Waals surface area (Å²) in [5.41, 5.74) is 11.7. The summed E-state index contributed by atoms with van der Waals surface area (Å²) in [6, 6.07) is 21.8. The standard InChI is InChI=1S/C40H26N8O4/c49-45-17-9-25(10-18-45)37-29-1-2-30(41-29)38(26-11-19-46(50)20-12-26)32-5-6-34(43-32)40(28-15-23-48(52)24-16-28)36-8-7-35(44-36)39(33-4-3-31(37)42-33)27-13-21-47(51)22-14-27/h1-24,41,44H. The van der Waals surface area contributed by atoms with Crippen molar-refractivity contribution in [2.24, 2.45) is 0 Å². The van der Waals surface area contributed by atoms with Gasteiger partial charge in [0.15, 0.2) is 49.6 Å². The molecule has 12 heteroatoms. The zero-order valence-corrected chi connectivity index (χ0v) is 27.2. The Kier molecular flexibility index (Phi) is 7.07. The molecular formula is C40H26N8O4. The van der Waals surface area contributed by atoms with Crippen molar-refractivity contribution in [2.75, 3.05) is 0 Å². The molecule has 8 bridgehead atoms. The van der Waals surface area contributed by atoms with E-state index in [9.17, 15) is 20.8 Å². The lowest BCUT2D eigenvalue weighted by molar-refractivity contribution is -0.605. The summed E-state index contributed by atoms with van der Waals surface area (Å²) in [5.74, 6) is 0. The van der Waals surface area contributed by atoms with Crippen LogP contribution >= 0.6 is 0 Å². The van der Waals surface area contributed by atoms with Gasteiger partial charge in [0.25, 0.3) is 0 Å². The zero-order chi connectivity index (χ0) is 35.3. The minimum atomic E-state index is 0.656. The van der Waals surface area contributed by atoms with Gasteiger partial charge in [-0.3, -0.25) is 0 Å². The van der Waals surface area contributed by atoms with Gasteiger partial charge >= 0.3 is 0 Å². The van der Waals surface area contributed by atoms with E-state index in [-0.39, 0.29) is 0 Å². The van der Waals surface area contributed by atoms with Crippen LogP contribution in [0.15, 0.2) is 122 Å². The Labute approximate surface area is 295 Å². The van der Waals surface area contributed by atoms with Crippen molar-refractivity contribution < 1.29 is 18.9 Å². The predicted molar refractivity (Wildman–Crippen MR) is 196 cm³/mol. The van der Waals surface area contributed by atoms with Crippen molar-refractivity contribution in [3.8, 4) is 44.5 Å². The third kappa shape index (κ3) is 5.36. The van der Waals surface area contributed by atoms with E-state index in [0.717, 1.165) is 85.5 Å². The maximum atomic E-state index is 12.1. The number of nitrogens with zero attached hydrogens (tertiary/aromatic N) is 6. The van der Waals surface area contributed by atoms with E-state index in [1.807, 2.05) is 48.6 Å². The van der Waals surface area contributed by atoms with Crippen LogP contribution in [0.2, 0.25) is 0 Å². The molecule has 52 heavy (non-hydrogen) atoms. The Hall–Kier alpha value is -7.60. The molecule has 0 saturated carbocycles. The highest BCUT2D eigenvalue weighted by molar-refractivity contribution is 5.99. The molecule has 7 aromatic rings. The molecule has 0 saturated heterocycles. The fourth-order valence-electron chi connectivity index (χ4n) is 6.74. The molecule has 2 N–H and O–H groups in total. The Morgan fingerprint density at radius 2 is 0.538 bits per heavy atom. The van der Waals surface area contributed by atoms with Crippen molar-refractivity contribution in [3.63, 3.8) is 0 Å². The minimum Gasteiger partial charge on any atom is -0.619 e.